The number of rotatable bonds is 3. The zero-order chi connectivity index (χ0) is 16.5. The van der Waals surface area contributed by atoms with Gasteiger partial charge in [0.05, 0.1) is 17.3 Å². The minimum atomic E-state index is -0.212. The highest BCUT2D eigenvalue weighted by atomic mass is 32.1. The average molecular weight is 319 g/mol. The SMILES string of the molecule is CC(NC(=O)c1ccc(=O)n(C)c1)c1nc(C(C)(C)C)cs1. The molecule has 0 aromatic carbocycles. The van der Waals surface area contributed by atoms with Crippen molar-refractivity contribution in [1.82, 2.24) is 14.9 Å². The molecule has 0 fully saturated rings. The van der Waals surface area contributed by atoms with Crippen LogP contribution in [-0.2, 0) is 12.5 Å². The van der Waals surface area contributed by atoms with Crippen LogP contribution in [0.25, 0.3) is 0 Å². The first-order valence-electron chi connectivity index (χ1n) is 7.12. The predicted molar refractivity (Wildman–Crippen MR) is 88.4 cm³/mol. The maximum Gasteiger partial charge on any atom is 0.253 e. The molecule has 2 aromatic rings. The molecule has 2 rings (SSSR count). The van der Waals surface area contributed by atoms with Crippen LogP contribution in [0, 0.1) is 0 Å². The molecule has 0 saturated carbocycles. The second-order valence-corrected chi connectivity index (χ2v) is 7.27. The van der Waals surface area contributed by atoms with E-state index in [0.717, 1.165) is 10.7 Å². The van der Waals surface area contributed by atoms with Gasteiger partial charge in [0, 0.05) is 30.1 Å². The Bertz CT molecular complexity index is 740. The van der Waals surface area contributed by atoms with Crippen molar-refractivity contribution < 1.29 is 4.79 Å². The third kappa shape index (κ3) is 3.62. The fourth-order valence-corrected chi connectivity index (χ4v) is 2.95. The minimum Gasteiger partial charge on any atom is -0.343 e. The zero-order valence-electron chi connectivity index (χ0n) is 13.5. The van der Waals surface area contributed by atoms with Gasteiger partial charge in [0.25, 0.3) is 5.91 Å². The number of thiazole rings is 1. The molecule has 2 aromatic heterocycles. The Hall–Kier alpha value is -1.95. The van der Waals surface area contributed by atoms with Gasteiger partial charge < -0.3 is 9.88 Å². The lowest BCUT2D eigenvalue weighted by Crippen LogP contribution is -2.28. The van der Waals surface area contributed by atoms with Gasteiger partial charge in [-0.15, -0.1) is 11.3 Å². The molecule has 1 unspecified atom stereocenters. The Morgan fingerprint density at radius 3 is 2.59 bits per heavy atom. The van der Waals surface area contributed by atoms with E-state index in [2.05, 4.69) is 31.1 Å². The molecule has 0 spiro atoms. The molecule has 1 amide bonds. The minimum absolute atomic E-state index is 0.00378. The maximum absolute atomic E-state index is 12.2. The van der Waals surface area contributed by atoms with Crippen LogP contribution >= 0.6 is 11.3 Å². The van der Waals surface area contributed by atoms with Gasteiger partial charge in [-0.05, 0) is 13.0 Å². The van der Waals surface area contributed by atoms with Crippen LogP contribution in [0.4, 0.5) is 0 Å². The third-order valence-electron chi connectivity index (χ3n) is 3.36. The summed E-state index contributed by atoms with van der Waals surface area (Å²) in [6.45, 7) is 8.24. The summed E-state index contributed by atoms with van der Waals surface area (Å²) in [4.78, 5) is 28.2. The predicted octanol–water partition coefficient (Wildman–Crippen LogP) is 2.63. The summed E-state index contributed by atoms with van der Waals surface area (Å²) in [5, 5.41) is 5.83. The summed E-state index contributed by atoms with van der Waals surface area (Å²) in [5.74, 6) is -0.212. The molecule has 0 bridgehead atoms. The lowest BCUT2D eigenvalue weighted by Gasteiger charge is -2.15. The molecule has 22 heavy (non-hydrogen) atoms. The summed E-state index contributed by atoms with van der Waals surface area (Å²) in [5.41, 5.74) is 1.34. The number of amides is 1. The molecule has 118 valence electrons. The van der Waals surface area contributed by atoms with Crippen LogP contribution in [0.3, 0.4) is 0 Å². The number of nitrogens with zero attached hydrogens (tertiary/aromatic N) is 2. The lowest BCUT2D eigenvalue weighted by molar-refractivity contribution is 0.0939. The first-order chi connectivity index (χ1) is 10.2. The van der Waals surface area contributed by atoms with E-state index in [-0.39, 0.29) is 22.9 Å². The molecule has 0 radical (unpaired) electrons. The average Bonchev–Trinajstić information content (AvgIpc) is 2.91. The first kappa shape index (κ1) is 16.4. The number of aromatic nitrogens is 2. The van der Waals surface area contributed by atoms with E-state index >= 15 is 0 Å². The number of nitrogens with one attached hydrogen (secondary N) is 1. The molecule has 0 aliphatic rings. The molecule has 0 saturated heterocycles. The Kier molecular flexibility index (Phi) is 4.51. The smallest absolute Gasteiger partial charge is 0.253 e. The van der Waals surface area contributed by atoms with E-state index in [1.165, 1.54) is 22.9 Å². The zero-order valence-corrected chi connectivity index (χ0v) is 14.3. The lowest BCUT2D eigenvalue weighted by atomic mass is 9.93. The summed E-state index contributed by atoms with van der Waals surface area (Å²) >= 11 is 1.55. The highest BCUT2D eigenvalue weighted by Crippen LogP contribution is 2.26. The van der Waals surface area contributed by atoms with Crippen molar-refractivity contribution >= 4 is 17.2 Å². The first-order valence-corrected chi connectivity index (χ1v) is 8.00. The van der Waals surface area contributed by atoms with E-state index < -0.39 is 0 Å². The van der Waals surface area contributed by atoms with Crippen LogP contribution in [0.15, 0.2) is 28.5 Å². The highest BCUT2D eigenvalue weighted by Gasteiger charge is 2.20. The molecular formula is C16H21N3O2S. The van der Waals surface area contributed by atoms with Gasteiger partial charge in [0.2, 0.25) is 5.56 Å². The topological polar surface area (TPSA) is 64.0 Å². The molecule has 0 aliphatic heterocycles. The normalized spacial score (nSPS) is 13.0. The molecule has 5 nitrogen and oxygen atoms in total. The number of carbonyl (C=O) groups is 1. The van der Waals surface area contributed by atoms with Crippen molar-refractivity contribution in [3.05, 3.63) is 50.3 Å². The molecular weight excluding hydrogens is 298 g/mol. The number of hydrogen-bond acceptors (Lipinski definition) is 4. The molecule has 2 heterocycles. The van der Waals surface area contributed by atoms with Crippen molar-refractivity contribution in [2.45, 2.75) is 39.2 Å². The largest absolute Gasteiger partial charge is 0.343 e. The summed E-state index contributed by atoms with van der Waals surface area (Å²) in [7, 11) is 1.62. The van der Waals surface area contributed by atoms with E-state index in [1.807, 2.05) is 12.3 Å². The van der Waals surface area contributed by atoms with Gasteiger partial charge >= 0.3 is 0 Å². The van der Waals surface area contributed by atoms with Crippen LogP contribution in [0.1, 0.15) is 54.8 Å². The van der Waals surface area contributed by atoms with Crippen LogP contribution in [-0.4, -0.2) is 15.5 Å². The van der Waals surface area contributed by atoms with Gasteiger partial charge in [0.1, 0.15) is 5.01 Å². The van der Waals surface area contributed by atoms with Crippen molar-refractivity contribution in [3.63, 3.8) is 0 Å². The van der Waals surface area contributed by atoms with Gasteiger partial charge in [-0.3, -0.25) is 9.59 Å². The van der Waals surface area contributed by atoms with Gasteiger partial charge in [-0.25, -0.2) is 4.98 Å². The van der Waals surface area contributed by atoms with Crippen LogP contribution in [0.2, 0.25) is 0 Å². The monoisotopic (exact) mass is 319 g/mol. The van der Waals surface area contributed by atoms with Gasteiger partial charge in [-0.2, -0.15) is 0 Å². The molecule has 1 atom stereocenters. The second kappa shape index (κ2) is 6.04. The number of pyridine rings is 1. The van der Waals surface area contributed by atoms with Crippen molar-refractivity contribution in [1.29, 1.82) is 0 Å². The standard InChI is InChI=1S/C16H21N3O2S/c1-10(15-18-12(9-22-15)16(2,3)4)17-14(21)11-6-7-13(20)19(5)8-11/h6-10H,1-5H3,(H,17,21). The quantitative estimate of drug-likeness (QED) is 0.946. The van der Waals surface area contributed by atoms with E-state index in [0.29, 0.717) is 5.56 Å². The summed E-state index contributed by atoms with van der Waals surface area (Å²) < 4.78 is 1.39. The van der Waals surface area contributed by atoms with E-state index in [1.54, 1.807) is 18.4 Å². The van der Waals surface area contributed by atoms with Crippen LogP contribution < -0.4 is 10.9 Å². The van der Waals surface area contributed by atoms with Gasteiger partial charge in [0.15, 0.2) is 0 Å². The Morgan fingerprint density at radius 1 is 1.36 bits per heavy atom. The summed E-state index contributed by atoms with van der Waals surface area (Å²) in [6.07, 6.45) is 1.53. The van der Waals surface area contributed by atoms with E-state index in [9.17, 15) is 9.59 Å². The Labute approximate surface area is 134 Å². The van der Waals surface area contributed by atoms with E-state index in [4.69, 9.17) is 0 Å². The van der Waals surface area contributed by atoms with Gasteiger partial charge in [-0.1, -0.05) is 20.8 Å². The third-order valence-corrected chi connectivity index (χ3v) is 4.38. The second-order valence-electron chi connectivity index (χ2n) is 6.38. The van der Waals surface area contributed by atoms with Crippen LogP contribution in [0.5, 0.6) is 0 Å². The molecule has 6 heteroatoms. The highest BCUT2D eigenvalue weighted by molar-refractivity contribution is 7.09. The van der Waals surface area contributed by atoms with Crippen molar-refractivity contribution in [3.8, 4) is 0 Å². The number of hydrogen-bond donors (Lipinski definition) is 1. The molecule has 1 N–H and O–H groups in total. The maximum atomic E-state index is 12.2. The number of aryl methyl sites for hydroxylation is 1. The van der Waals surface area contributed by atoms with Crippen molar-refractivity contribution in [2.24, 2.45) is 7.05 Å². The fourth-order valence-electron chi connectivity index (χ4n) is 1.90. The molecule has 0 aliphatic carbocycles. The fraction of sp³-hybridized carbons (Fsp3) is 0.438. The Morgan fingerprint density at radius 2 is 2.05 bits per heavy atom. The Balaban J connectivity index is 2.12. The summed E-state index contributed by atoms with van der Waals surface area (Å²) in [6, 6.07) is 2.75. The number of carbonyl (C=O) groups excluding carboxylic acids is 1. The van der Waals surface area contributed by atoms with Crippen molar-refractivity contribution in [2.75, 3.05) is 0 Å².